The zero-order valence-electron chi connectivity index (χ0n) is 13.6. The maximum absolute atomic E-state index is 12.1. The number of aliphatic hydroxyl groups is 3. The fourth-order valence-electron chi connectivity index (χ4n) is 3.50. The van der Waals surface area contributed by atoms with E-state index in [1.54, 1.807) is 0 Å². The van der Waals surface area contributed by atoms with Crippen LogP contribution in [0.25, 0.3) is 0 Å². The fraction of sp³-hybridized carbons (Fsp3) is 0.714. The number of aliphatic hydroxyl groups excluding tert-OH is 3. The van der Waals surface area contributed by atoms with Gasteiger partial charge < -0.3 is 20.1 Å². The van der Waals surface area contributed by atoms with Crippen molar-refractivity contribution in [3.8, 4) is 0 Å². The summed E-state index contributed by atoms with van der Waals surface area (Å²) in [7, 11) is 0. The molecule has 25 heavy (non-hydrogen) atoms. The minimum absolute atomic E-state index is 0.0905. The first-order chi connectivity index (χ1) is 11.8. The summed E-state index contributed by atoms with van der Waals surface area (Å²) in [6, 6.07) is 0. The number of nitro groups is 1. The molecule has 0 aromatic carbocycles. The van der Waals surface area contributed by atoms with Gasteiger partial charge in [-0.15, -0.1) is 0 Å². The van der Waals surface area contributed by atoms with Crippen LogP contribution in [-0.4, -0.2) is 61.3 Å². The van der Waals surface area contributed by atoms with Crippen LogP contribution in [0.15, 0.2) is 15.8 Å². The molecule has 11 heteroatoms. The van der Waals surface area contributed by atoms with Gasteiger partial charge in [0.2, 0.25) is 0 Å². The van der Waals surface area contributed by atoms with Crippen LogP contribution >= 0.6 is 0 Å². The van der Waals surface area contributed by atoms with E-state index >= 15 is 0 Å². The Bertz CT molecular complexity index is 744. The van der Waals surface area contributed by atoms with Gasteiger partial charge in [0.25, 0.3) is 11.1 Å². The van der Waals surface area contributed by atoms with E-state index in [2.05, 4.69) is 4.98 Å². The molecule has 4 atom stereocenters. The molecule has 1 aliphatic heterocycles. The first-order valence-corrected chi connectivity index (χ1v) is 7.78. The smallest absolute Gasteiger partial charge is 0.330 e. The van der Waals surface area contributed by atoms with Gasteiger partial charge in [0, 0.05) is 29.7 Å². The Morgan fingerprint density at radius 3 is 2.56 bits per heavy atom. The van der Waals surface area contributed by atoms with Crippen molar-refractivity contribution in [1.82, 2.24) is 9.55 Å². The third-order valence-corrected chi connectivity index (χ3v) is 4.73. The fourth-order valence-corrected chi connectivity index (χ4v) is 3.50. The number of hydrogen-bond acceptors (Lipinski definition) is 8. The van der Waals surface area contributed by atoms with Crippen LogP contribution in [0.1, 0.15) is 24.6 Å². The average molecular weight is 359 g/mol. The van der Waals surface area contributed by atoms with E-state index in [-0.39, 0.29) is 18.4 Å². The predicted molar refractivity (Wildman–Crippen MR) is 83.7 cm³/mol. The number of hydrogen-bond donors (Lipinski definition) is 4. The van der Waals surface area contributed by atoms with E-state index in [4.69, 9.17) is 4.74 Å². The SMILES string of the molecule is Cc1cn([C@@H]2O[C@H](CO)C(CCO)([N+](=O)[O-])[C@H]2CCO)c(=O)[nH]c1=O. The second-order valence-corrected chi connectivity index (χ2v) is 6.02. The summed E-state index contributed by atoms with van der Waals surface area (Å²) in [5.41, 5.74) is -3.08. The van der Waals surface area contributed by atoms with Crippen molar-refractivity contribution in [2.45, 2.75) is 37.6 Å². The van der Waals surface area contributed by atoms with Crippen LogP contribution in [0.2, 0.25) is 0 Å². The quantitative estimate of drug-likeness (QED) is 0.324. The van der Waals surface area contributed by atoms with Crippen LogP contribution in [-0.2, 0) is 4.74 Å². The predicted octanol–water partition coefficient (Wildman–Crippen LogP) is -1.87. The Kier molecular flexibility index (Phi) is 5.72. The standard InChI is InChI=1S/C14H21N3O8/c1-8-6-16(13(22)15-11(8)21)12-9(2-4-18)14(3-5-19,17(23)24)10(7-20)25-12/h6,9-10,12,18-20H,2-5,7H2,1H3,(H,15,21,22)/t9-,10+,12+,14?/m0/s1. The van der Waals surface area contributed by atoms with Crippen LogP contribution in [0.5, 0.6) is 0 Å². The van der Waals surface area contributed by atoms with E-state index in [1.165, 1.54) is 13.1 Å². The highest BCUT2D eigenvalue weighted by atomic mass is 16.6. The number of nitrogens with zero attached hydrogens (tertiary/aromatic N) is 2. The molecule has 1 aromatic rings. The van der Waals surface area contributed by atoms with Gasteiger partial charge in [0.15, 0.2) is 6.10 Å². The van der Waals surface area contributed by atoms with Crippen LogP contribution in [0.3, 0.4) is 0 Å². The first kappa shape index (κ1) is 19.2. The van der Waals surface area contributed by atoms with Crippen molar-refractivity contribution in [2.24, 2.45) is 5.92 Å². The molecule has 0 saturated carbocycles. The zero-order valence-corrected chi connectivity index (χ0v) is 13.6. The molecule has 1 saturated heterocycles. The lowest BCUT2D eigenvalue weighted by molar-refractivity contribution is -0.586. The summed E-state index contributed by atoms with van der Waals surface area (Å²) in [6.45, 7) is -0.185. The largest absolute Gasteiger partial charge is 0.396 e. The summed E-state index contributed by atoms with van der Waals surface area (Å²) in [6.07, 6.45) is -1.64. The second kappa shape index (κ2) is 7.44. The Labute approximate surface area is 141 Å². The highest BCUT2D eigenvalue weighted by Crippen LogP contribution is 2.47. The van der Waals surface area contributed by atoms with Crippen molar-refractivity contribution in [3.63, 3.8) is 0 Å². The Morgan fingerprint density at radius 1 is 1.36 bits per heavy atom. The van der Waals surface area contributed by atoms with Crippen LogP contribution < -0.4 is 11.2 Å². The molecule has 1 aliphatic rings. The average Bonchev–Trinajstić information content (AvgIpc) is 2.86. The molecular formula is C14H21N3O8. The van der Waals surface area contributed by atoms with Crippen molar-refractivity contribution < 1.29 is 25.0 Å². The minimum Gasteiger partial charge on any atom is -0.396 e. The molecular weight excluding hydrogens is 338 g/mol. The molecule has 1 unspecified atom stereocenters. The van der Waals surface area contributed by atoms with Gasteiger partial charge in [0.05, 0.1) is 19.1 Å². The molecule has 140 valence electrons. The lowest BCUT2D eigenvalue weighted by Crippen LogP contribution is -2.53. The first-order valence-electron chi connectivity index (χ1n) is 7.78. The monoisotopic (exact) mass is 359 g/mol. The summed E-state index contributed by atoms with van der Waals surface area (Å²) in [5.74, 6) is -1.00. The maximum Gasteiger partial charge on any atom is 0.330 e. The number of aromatic nitrogens is 2. The van der Waals surface area contributed by atoms with Gasteiger partial charge in [-0.25, -0.2) is 4.79 Å². The Morgan fingerprint density at radius 2 is 2.04 bits per heavy atom. The van der Waals surface area contributed by atoms with Gasteiger partial charge >= 0.3 is 5.69 Å². The third kappa shape index (κ3) is 3.11. The molecule has 1 fully saturated rings. The van der Waals surface area contributed by atoms with E-state index in [0.29, 0.717) is 0 Å². The van der Waals surface area contributed by atoms with Crippen molar-refractivity contribution in [3.05, 3.63) is 42.7 Å². The van der Waals surface area contributed by atoms with Crippen molar-refractivity contribution in [2.75, 3.05) is 19.8 Å². The summed E-state index contributed by atoms with van der Waals surface area (Å²) < 4.78 is 6.61. The second-order valence-electron chi connectivity index (χ2n) is 6.02. The van der Waals surface area contributed by atoms with Crippen molar-refractivity contribution >= 4 is 0 Å². The number of aryl methyl sites for hydroxylation is 1. The van der Waals surface area contributed by atoms with E-state index in [0.717, 1.165) is 4.57 Å². The van der Waals surface area contributed by atoms with Gasteiger partial charge in [0.1, 0.15) is 6.23 Å². The van der Waals surface area contributed by atoms with Gasteiger partial charge in [-0.1, -0.05) is 0 Å². The Balaban J connectivity index is 2.63. The molecule has 2 heterocycles. The van der Waals surface area contributed by atoms with Crippen LogP contribution in [0.4, 0.5) is 0 Å². The highest BCUT2D eigenvalue weighted by molar-refractivity contribution is 5.06. The lowest BCUT2D eigenvalue weighted by Gasteiger charge is -2.29. The number of nitrogens with one attached hydrogen (secondary N) is 1. The van der Waals surface area contributed by atoms with E-state index in [9.17, 15) is 35.0 Å². The molecule has 0 amide bonds. The molecule has 4 N–H and O–H groups in total. The van der Waals surface area contributed by atoms with Gasteiger partial charge in [-0.2, -0.15) is 0 Å². The molecule has 0 bridgehead atoms. The highest BCUT2D eigenvalue weighted by Gasteiger charge is 2.65. The maximum atomic E-state index is 12.1. The summed E-state index contributed by atoms with van der Waals surface area (Å²) in [4.78, 5) is 37.0. The molecule has 11 nitrogen and oxygen atoms in total. The topological polar surface area (TPSA) is 168 Å². The lowest BCUT2D eigenvalue weighted by atomic mass is 9.77. The van der Waals surface area contributed by atoms with Crippen molar-refractivity contribution in [1.29, 1.82) is 0 Å². The number of aromatic amines is 1. The minimum atomic E-state index is -1.87. The summed E-state index contributed by atoms with van der Waals surface area (Å²) in [5, 5.41) is 40.1. The van der Waals surface area contributed by atoms with Crippen LogP contribution in [0, 0.1) is 23.0 Å². The van der Waals surface area contributed by atoms with Gasteiger partial charge in [-0.05, 0) is 13.3 Å². The zero-order chi connectivity index (χ0) is 18.8. The van der Waals surface area contributed by atoms with Gasteiger partial charge in [-0.3, -0.25) is 24.5 Å². The number of H-pyrrole nitrogens is 1. The van der Waals surface area contributed by atoms with E-state index in [1.807, 2.05) is 0 Å². The molecule has 0 radical (unpaired) electrons. The number of ether oxygens (including phenoxy) is 1. The molecule has 0 spiro atoms. The van der Waals surface area contributed by atoms with E-state index < -0.39 is 59.8 Å². The normalized spacial score (nSPS) is 29.0. The summed E-state index contributed by atoms with van der Waals surface area (Å²) >= 11 is 0. The molecule has 0 aliphatic carbocycles. The third-order valence-electron chi connectivity index (χ3n) is 4.73. The molecule has 1 aromatic heterocycles. The molecule has 2 rings (SSSR count). The Hall–Kier alpha value is -2.08. The number of rotatable bonds is 7.